The third kappa shape index (κ3) is 4.46. The van der Waals surface area contributed by atoms with E-state index in [4.69, 9.17) is 11.6 Å². The third-order valence-corrected chi connectivity index (χ3v) is 5.77. The van der Waals surface area contributed by atoms with E-state index in [0.717, 1.165) is 53.7 Å². The Morgan fingerprint density at radius 1 is 1.03 bits per heavy atom. The zero-order chi connectivity index (χ0) is 20.2. The molecule has 1 aliphatic rings. The average Bonchev–Trinajstić information content (AvgIpc) is 3.12. The molecule has 5 nitrogen and oxygen atoms in total. The van der Waals surface area contributed by atoms with Crippen molar-refractivity contribution in [2.75, 3.05) is 31.1 Å². The smallest absolute Gasteiger partial charge is 0.229 e. The maximum atomic E-state index is 13.0. The Morgan fingerprint density at radius 3 is 2.55 bits per heavy atom. The number of halogens is 1. The maximum absolute atomic E-state index is 13.0. The number of benzene rings is 2. The molecule has 0 spiro atoms. The van der Waals surface area contributed by atoms with Gasteiger partial charge in [0, 0.05) is 37.3 Å². The SMILES string of the molecule is C[C@@H](C(=O)N1CCCN(c2cc(-c3ccc(Cl)cc3)[nH]n2)CC1)c1ccccc1. The number of amides is 1. The molecule has 0 bridgehead atoms. The maximum Gasteiger partial charge on any atom is 0.229 e. The monoisotopic (exact) mass is 408 g/mol. The summed E-state index contributed by atoms with van der Waals surface area (Å²) in [6, 6.07) is 19.8. The first kappa shape index (κ1) is 19.5. The zero-order valence-electron chi connectivity index (χ0n) is 16.5. The van der Waals surface area contributed by atoms with Gasteiger partial charge in [-0.2, -0.15) is 5.10 Å². The molecule has 3 aromatic rings. The van der Waals surface area contributed by atoms with Crippen LogP contribution in [-0.4, -0.2) is 47.2 Å². The molecule has 1 saturated heterocycles. The summed E-state index contributed by atoms with van der Waals surface area (Å²) in [5, 5.41) is 8.33. The van der Waals surface area contributed by atoms with Crippen LogP contribution in [0.2, 0.25) is 5.02 Å². The molecule has 0 radical (unpaired) electrons. The summed E-state index contributed by atoms with van der Waals surface area (Å²) in [7, 11) is 0. The number of nitrogens with one attached hydrogen (secondary N) is 1. The first-order valence-electron chi connectivity index (χ1n) is 10.0. The van der Waals surface area contributed by atoms with E-state index >= 15 is 0 Å². The predicted molar refractivity (Wildman–Crippen MR) is 117 cm³/mol. The Hall–Kier alpha value is -2.79. The van der Waals surface area contributed by atoms with Gasteiger partial charge in [0.1, 0.15) is 0 Å². The van der Waals surface area contributed by atoms with Gasteiger partial charge in [-0.05, 0) is 36.6 Å². The fourth-order valence-corrected chi connectivity index (χ4v) is 3.90. The quantitative estimate of drug-likeness (QED) is 0.687. The Kier molecular flexibility index (Phi) is 5.86. The second-order valence-corrected chi connectivity index (χ2v) is 7.88. The molecule has 4 rings (SSSR count). The molecule has 1 aromatic heterocycles. The van der Waals surface area contributed by atoms with Gasteiger partial charge < -0.3 is 9.80 Å². The molecular formula is C23H25ClN4O. The molecule has 1 fully saturated rings. The lowest BCUT2D eigenvalue weighted by Crippen LogP contribution is -2.37. The molecule has 150 valence electrons. The Labute approximate surface area is 176 Å². The van der Waals surface area contributed by atoms with Crippen LogP contribution in [0.15, 0.2) is 60.7 Å². The minimum Gasteiger partial charge on any atom is -0.353 e. The van der Waals surface area contributed by atoms with E-state index < -0.39 is 0 Å². The molecule has 29 heavy (non-hydrogen) atoms. The van der Waals surface area contributed by atoms with E-state index in [1.165, 1.54) is 0 Å². The van der Waals surface area contributed by atoms with Gasteiger partial charge >= 0.3 is 0 Å². The standard InChI is InChI=1S/C23H25ClN4O/c1-17(18-6-3-2-4-7-18)23(29)28-13-5-12-27(14-15-28)22-16-21(25-26-22)19-8-10-20(24)11-9-19/h2-4,6-11,16-17H,5,12-15H2,1H3,(H,25,26)/t17-/m1/s1. The number of nitrogens with zero attached hydrogens (tertiary/aromatic N) is 3. The molecule has 2 heterocycles. The van der Waals surface area contributed by atoms with Crippen molar-refractivity contribution in [3.63, 3.8) is 0 Å². The van der Waals surface area contributed by atoms with Crippen molar-refractivity contribution in [2.45, 2.75) is 19.3 Å². The Morgan fingerprint density at radius 2 is 1.79 bits per heavy atom. The van der Waals surface area contributed by atoms with Gasteiger partial charge in [0.25, 0.3) is 0 Å². The van der Waals surface area contributed by atoms with Gasteiger partial charge in [-0.15, -0.1) is 0 Å². The molecule has 1 amide bonds. The van der Waals surface area contributed by atoms with Crippen LogP contribution in [0.5, 0.6) is 0 Å². The van der Waals surface area contributed by atoms with Gasteiger partial charge in [-0.25, -0.2) is 0 Å². The van der Waals surface area contributed by atoms with Gasteiger partial charge in [0.2, 0.25) is 5.91 Å². The largest absolute Gasteiger partial charge is 0.353 e. The van der Waals surface area contributed by atoms with Crippen molar-refractivity contribution in [3.8, 4) is 11.3 Å². The summed E-state index contributed by atoms with van der Waals surface area (Å²) in [6.45, 7) is 5.14. The van der Waals surface area contributed by atoms with E-state index in [1.807, 2.05) is 66.4 Å². The van der Waals surface area contributed by atoms with Crippen LogP contribution in [0.3, 0.4) is 0 Å². The highest BCUT2D eigenvalue weighted by molar-refractivity contribution is 6.30. The normalized spacial score (nSPS) is 15.8. The highest BCUT2D eigenvalue weighted by Gasteiger charge is 2.25. The van der Waals surface area contributed by atoms with Crippen molar-refractivity contribution in [3.05, 3.63) is 71.2 Å². The van der Waals surface area contributed by atoms with E-state index in [9.17, 15) is 4.79 Å². The van der Waals surface area contributed by atoms with Gasteiger partial charge in [0.15, 0.2) is 5.82 Å². The van der Waals surface area contributed by atoms with Crippen molar-refractivity contribution < 1.29 is 4.79 Å². The number of aromatic nitrogens is 2. The lowest BCUT2D eigenvalue weighted by molar-refractivity contribution is -0.132. The fourth-order valence-electron chi connectivity index (χ4n) is 3.78. The number of hydrogen-bond acceptors (Lipinski definition) is 3. The second-order valence-electron chi connectivity index (χ2n) is 7.44. The molecule has 0 aliphatic carbocycles. The lowest BCUT2D eigenvalue weighted by atomic mass is 10.00. The molecule has 1 aliphatic heterocycles. The second kappa shape index (κ2) is 8.70. The zero-order valence-corrected chi connectivity index (χ0v) is 17.3. The summed E-state index contributed by atoms with van der Waals surface area (Å²) in [5.41, 5.74) is 3.08. The Balaban J connectivity index is 1.41. The summed E-state index contributed by atoms with van der Waals surface area (Å²) in [5.74, 6) is 0.993. The molecule has 1 N–H and O–H groups in total. The highest BCUT2D eigenvalue weighted by atomic mass is 35.5. The number of H-pyrrole nitrogens is 1. The molecule has 6 heteroatoms. The summed E-state index contributed by atoms with van der Waals surface area (Å²) in [6.07, 6.45) is 0.927. The van der Waals surface area contributed by atoms with E-state index in [-0.39, 0.29) is 11.8 Å². The number of hydrogen-bond donors (Lipinski definition) is 1. The molecule has 2 aromatic carbocycles. The number of anilines is 1. The van der Waals surface area contributed by atoms with Crippen LogP contribution in [0.25, 0.3) is 11.3 Å². The first-order chi connectivity index (χ1) is 14.1. The Bertz CT molecular complexity index is 955. The molecule has 1 atom stereocenters. The topological polar surface area (TPSA) is 52.2 Å². The van der Waals surface area contributed by atoms with Crippen LogP contribution in [0.1, 0.15) is 24.8 Å². The van der Waals surface area contributed by atoms with Crippen molar-refractivity contribution in [2.24, 2.45) is 0 Å². The third-order valence-electron chi connectivity index (χ3n) is 5.52. The minimum atomic E-state index is -0.121. The number of aromatic amines is 1. The van der Waals surface area contributed by atoms with E-state index in [2.05, 4.69) is 21.2 Å². The summed E-state index contributed by atoms with van der Waals surface area (Å²) < 4.78 is 0. The van der Waals surface area contributed by atoms with Crippen molar-refractivity contribution in [1.82, 2.24) is 15.1 Å². The average molecular weight is 409 g/mol. The van der Waals surface area contributed by atoms with Gasteiger partial charge in [-0.1, -0.05) is 54.1 Å². The predicted octanol–water partition coefficient (Wildman–Crippen LogP) is 4.57. The molecule has 0 unspecified atom stereocenters. The van der Waals surface area contributed by atoms with Gasteiger partial charge in [0.05, 0.1) is 11.6 Å². The summed E-state index contributed by atoms with van der Waals surface area (Å²) >= 11 is 5.98. The highest BCUT2D eigenvalue weighted by Crippen LogP contribution is 2.25. The molecule has 0 saturated carbocycles. The summed E-state index contributed by atoms with van der Waals surface area (Å²) in [4.78, 5) is 17.2. The lowest BCUT2D eigenvalue weighted by Gasteiger charge is -2.25. The van der Waals surface area contributed by atoms with E-state index in [0.29, 0.717) is 6.54 Å². The van der Waals surface area contributed by atoms with Crippen LogP contribution < -0.4 is 4.90 Å². The van der Waals surface area contributed by atoms with Crippen LogP contribution in [-0.2, 0) is 4.79 Å². The van der Waals surface area contributed by atoms with Crippen molar-refractivity contribution in [1.29, 1.82) is 0 Å². The molecular weight excluding hydrogens is 384 g/mol. The fraction of sp³-hybridized carbons (Fsp3) is 0.304. The van der Waals surface area contributed by atoms with Crippen LogP contribution >= 0.6 is 11.6 Å². The number of carbonyl (C=O) groups excluding carboxylic acids is 1. The first-order valence-corrected chi connectivity index (χ1v) is 10.4. The number of rotatable bonds is 4. The van der Waals surface area contributed by atoms with Crippen LogP contribution in [0, 0.1) is 0 Å². The van der Waals surface area contributed by atoms with Crippen molar-refractivity contribution >= 4 is 23.3 Å². The minimum absolute atomic E-state index is 0.121. The van der Waals surface area contributed by atoms with E-state index in [1.54, 1.807) is 0 Å². The van der Waals surface area contributed by atoms with Gasteiger partial charge in [-0.3, -0.25) is 9.89 Å². The number of carbonyl (C=O) groups is 1. The van der Waals surface area contributed by atoms with Crippen LogP contribution in [0.4, 0.5) is 5.82 Å².